The van der Waals surface area contributed by atoms with Crippen LogP contribution in [0.1, 0.15) is 78.6 Å². The van der Waals surface area contributed by atoms with E-state index in [1.165, 1.54) is 82.4 Å². The second kappa shape index (κ2) is 27.2. The molecule has 0 spiro atoms. The SMILES string of the molecule is CC(=O)c1nc(-c2ccon2)nn1Cc1ccccc1F.CCOC(=O)c1nc(-c2ccon2)n(Cc2ccccc2F)n1.O=C(O)c1nc(-c2ccon2)n(Cc2ccccc2F)n1.O=C(O)c1nc(-c2ccon2)nn1Cc1ccccc1F. The highest BCUT2D eigenvalue weighted by atomic mass is 19.1. The third-order valence-electron chi connectivity index (χ3n) is 11.6. The summed E-state index contributed by atoms with van der Waals surface area (Å²) in [5, 5.41) is 49.2. The standard InChI is InChI=1S/C15H13FN4O3.C14H11FN4O2.2C13H9FN4O3/c1-2-22-15(21)13-17-14(12-7-8-23-19-12)20(18-13)9-10-5-3-4-6-11(10)16;1-9(20)14-16-13(12-6-7-21-18-12)17-19(14)8-10-4-2-3-5-11(10)15;14-9-4-2-1-3-8(9)7-18-12(10-5-6-21-17-10)15-11(16-18)13(19)20;14-9-4-2-1-3-8(9)7-18-12(13(19)20)15-11(16-18)10-5-6-21-17-10/h3-8H,2,9H2,1H3;2-7H,8H2,1H3;2*1-6H,7H2,(H,19,20). The number of aromatic carboxylic acids is 2. The summed E-state index contributed by atoms with van der Waals surface area (Å²) in [6.07, 6.45) is 5.42. The molecule has 0 radical (unpaired) electrons. The fourth-order valence-corrected chi connectivity index (χ4v) is 7.66. The van der Waals surface area contributed by atoms with Crippen LogP contribution in [0.2, 0.25) is 0 Å². The number of esters is 1. The number of carboxylic acids is 2. The molecule has 0 saturated carbocycles. The first-order valence-electron chi connectivity index (χ1n) is 25.1. The zero-order valence-corrected chi connectivity index (χ0v) is 44.6. The molecule has 0 aliphatic rings. The fourth-order valence-electron chi connectivity index (χ4n) is 7.66. The summed E-state index contributed by atoms with van der Waals surface area (Å²) in [6, 6.07) is 31.1. The van der Waals surface area contributed by atoms with Crippen molar-refractivity contribution in [2.45, 2.75) is 40.0 Å². The minimum atomic E-state index is -1.27. The van der Waals surface area contributed by atoms with Crippen molar-refractivity contribution in [3.8, 4) is 46.1 Å². The van der Waals surface area contributed by atoms with Gasteiger partial charge in [-0.25, -0.2) is 55.7 Å². The molecule has 12 aromatic rings. The lowest BCUT2D eigenvalue weighted by atomic mass is 10.2. The molecular weight excluding hydrogens is 1140 g/mol. The van der Waals surface area contributed by atoms with Crippen LogP contribution in [-0.2, 0) is 30.9 Å². The summed E-state index contributed by atoms with van der Waals surface area (Å²) in [5.41, 5.74) is 2.97. The molecule has 8 aromatic heterocycles. The van der Waals surface area contributed by atoms with Gasteiger partial charge in [0.05, 0.1) is 32.8 Å². The first-order valence-corrected chi connectivity index (χ1v) is 25.1. The molecule has 4 aromatic carbocycles. The van der Waals surface area contributed by atoms with E-state index < -0.39 is 29.5 Å². The van der Waals surface area contributed by atoms with Crippen LogP contribution in [0.5, 0.6) is 0 Å². The van der Waals surface area contributed by atoms with Crippen molar-refractivity contribution in [2.75, 3.05) is 6.61 Å². The van der Waals surface area contributed by atoms with E-state index in [0.717, 1.165) is 4.68 Å². The number of benzene rings is 4. The second-order valence-electron chi connectivity index (χ2n) is 17.5. The summed E-state index contributed by atoms with van der Waals surface area (Å²) in [5.74, 6) is -4.77. The van der Waals surface area contributed by atoms with E-state index in [1.807, 2.05) is 0 Å². The molecule has 86 heavy (non-hydrogen) atoms. The largest absolute Gasteiger partial charge is 0.475 e. The number of carbonyl (C=O) groups is 4. The first-order chi connectivity index (χ1) is 41.6. The number of Topliss-reactive ketones (excluding diaryl/α,β-unsaturated/α-hetero) is 1. The average Bonchev–Trinajstić information content (AvgIpc) is 4.48. The van der Waals surface area contributed by atoms with Gasteiger partial charge >= 0.3 is 17.9 Å². The number of aromatic nitrogens is 16. The van der Waals surface area contributed by atoms with Crippen LogP contribution in [0.15, 0.2) is 164 Å². The molecule has 12 rings (SSSR count). The van der Waals surface area contributed by atoms with Crippen LogP contribution in [0.4, 0.5) is 17.6 Å². The number of carbonyl (C=O) groups excluding carboxylic acids is 2. The second-order valence-corrected chi connectivity index (χ2v) is 17.5. The molecule has 31 heteroatoms. The van der Waals surface area contributed by atoms with Crippen LogP contribution in [0.25, 0.3) is 46.1 Å². The minimum Gasteiger partial charge on any atom is -0.475 e. The monoisotopic (exact) mass is 1180 g/mol. The maximum absolute atomic E-state index is 13.8. The molecule has 0 fully saturated rings. The van der Waals surface area contributed by atoms with E-state index in [1.54, 1.807) is 91.9 Å². The highest BCUT2D eigenvalue weighted by Crippen LogP contribution is 2.22. The maximum atomic E-state index is 13.8. The third-order valence-corrected chi connectivity index (χ3v) is 11.6. The average molecular weight is 1180 g/mol. The Morgan fingerprint density at radius 1 is 0.442 bits per heavy atom. The third kappa shape index (κ3) is 14.4. The molecule has 27 nitrogen and oxygen atoms in total. The number of hydrogen-bond acceptors (Lipinski definition) is 21. The molecule has 8 heterocycles. The number of hydrogen-bond donors (Lipinski definition) is 2. The van der Waals surface area contributed by atoms with E-state index in [2.05, 4.69) is 65.5 Å². The zero-order chi connectivity index (χ0) is 60.7. The van der Waals surface area contributed by atoms with Crippen LogP contribution < -0.4 is 0 Å². The topological polar surface area (TPSA) is 345 Å². The molecule has 0 unspecified atom stereocenters. The van der Waals surface area contributed by atoms with Gasteiger partial charge in [-0.3, -0.25) is 4.79 Å². The molecule has 2 N–H and O–H groups in total. The molecular formula is C55H42F4N16O11. The van der Waals surface area contributed by atoms with E-state index in [0.29, 0.717) is 50.9 Å². The quantitative estimate of drug-likeness (QED) is 0.0492. The molecule has 0 bridgehead atoms. The van der Waals surface area contributed by atoms with Crippen molar-refractivity contribution in [1.82, 2.24) is 79.7 Å². The van der Waals surface area contributed by atoms with Crippen LogP contribution >= 0.6 is 0 Å². The Balaban J connectivity index is 0.000000137. The van der Waals surface area contributed by atoms with Crippen molar-refractivity contribution in [3.05, 3.63) is 215 Å². The predicted octanol–water partition coefficient (Wildman–Crippen LogP) is 8.26. The number of rotatable bonds is 17. The van der Waals surface area contributed by atoms with E-state index >= 15 is 0 Å². The van der Waals surface area contributed by atoms with E-state index in [4.69, 9.17) is 28.5 Å². The number of ether oxygens (including phenoxy) is 1. The fraction of sp³-hybridized carbons (Fsp3) is 0.127. The van der Waals surface area contributed by atoms with Crippen molar-refractivity contribution >= 4 is 23.7 Å². The van der Waals surface area contributed by atoms with E-state index in [9.17, 15) is 36.7 Å². The Morgan fingerprint density at radius 2 is 0.791 bits per heavy atom. The smallest absolute Gasteiger partial charge is 0.378 e. The Hall–Kier alpha value is -11.9. The minimum absolute atomic E-state index is 0.0369. The zero-order valence-electron chi connectivity index (χ0n) is 44.6. The normalized spacial score (nSPS) is 10.7. The van der Waals surface area contributed by atoms with Gasteiger partial charge in [0.15, 0.2) is 46.0 Å². The number of nitrogens with zero attached hydrogens (tertiary/aromatic N) is 16. The number of halogens is 4. The summed E-state index contributed by atoms with van der Waals surface area (Å²) in [7, 11) is 0. The summed E-state index contributed by atoms with van der Waals surface area (Å²) < 4.78 is 83.9. The Labute approximate surface area is 479 Å². The van der Waals surface area contributed by atoms with Gasteiger partial charge < -0.3 is 33.0 Å². The molecule has 0 aliphatic carbocycles. The van der Waals surface area contributed by atoms with Gasteiger partial charge in [-0.1, -0.05) is 93.4 Å². The van der Waals surface area contributed by atoms with Crippen LogP contribution in [0.3, 0.4) is 0 Å². The number of carboxylic acid groups (broad SMARTS) is 2. The lowest BCUT2D eigenvalue weighted by Crippen LogP contribution is -2.12. The summed E-state index contributed by atoms with van der Waals surface area (Å²) in [4.78, 5) is 61.7. The summed E-state index contributed by atoms with van der Waals surface area (Å²) in [6.45, 7) is 3.49. The van der Waals surface area contributed by atoms with Crippen molar-refractivity contribution < 1.29 is 69.8 Å². The lowest BCUT2D eigenvalue weighted by Gasteiger charge is -2.05. The molecule has 436 valence electrons. The van der Waals surface area contributed by atoms with Gasteiger partial charge in [0.2, 0.25) is 17.5 Å². The van der Waals surface area contributed by atoms with Crippen molar-refractivity contribution in [3.63, 3.8) is 0 Å². The molecule has 0 atom stereocenters. The summed E-state index contributed by atoms with van der Waals surface area (Å²) >= 11 is 0. The van der Waals surface area contributed by atoms with Gasteiger partial charge in [-0.05, 0) is 31.2 Å². The lowest BCUT2D eigenvalue weighted by molar-refractivity contribution is 0.0510. The van der Waals surface area contributed by atoms with Gasteiger partial charge in [0.1, 0.15) is 48.3 Å². The Bertz CT molecular complexity index is 4110. The van der Waals surface area contributed by atoms with Crippen molar-refractivity contribution in [2.24, 2.45) is 0 Å². The van der Waals surface area contributed by atoms with Gasteiger partial charge in [0.25, 0.3) is 11.6 Å². The van der Waals surface area contributed by atoms with Gasteiger partial charge in [-0.15, -0.1) is 20.4 Å². The van der Waals surface area contributed by atoms with Crippen LogP contribution in [-0.4, -0.2) is 120 Å². The Kier molecular flexibility index (Phi) is 18.6. The Morgan fingerprint density at radius 3 is 1.14 bits per heavy atom. The molecule has 0 amide bonds. The highest BCUT2D eigenvalue weighted by molar-refractivity contribution is 5.91. The maximum Gasteiger partial charge on any atom is 0.378 e. The molecule has 0 aliphatic heterocycles. The first kappa shape index (κ1) is 58.7. The predicted molar refractivity (Wildman–Crippen MR) is 284 cm³/mol. The highest BCUT2D eigenvalue weighted by Gasteiger charge is 2.24. The van der Waals surface area contributed by atoms with Crippen LogP contribution in [0, 0.1) is 23.3 Å². The molecule has 0 saturated heterocycles. The van der Waals surface area contributed by atoms with E-state index in [-0.39, 0.29) is 91.0 Å². The van der Waals surface area contributed by atoms with Crippen molar-refractivity contribution in [1.29, 1.82) is 0 Å². The number of ketones is 1. The van der Waals surface area contributed by atoms with Gasteiger partial charge in [0, 0.05) is 53.4 Å². The van der Waals surface area contributed by atoms with Gasteiger partial charge in [-0.2, -0.15) is 15.0 Å².